The maximum Gasteiger partial charge on any atom is 0.0731 e. The minimum Gasteiger partial charge on any atom is -0.0619 e. The van der Waals surface area contributed by atoms with Crippen molar-refractivity contribution in [2.45, 2.75) is 5.41 Å². The van der Waals surface area contributed by atoms with Crippen LogP contribution in [0.1, 0.15) is 22.3 Å². The Hall–Kier alpha value is -6.76. The van der Waals surface area contributed by atoms with Crippen LogP contribution >= 0.6 is 0 Å². The minimum atomic E-state index is -0.445. The van der Waals surface area contributed by atoms with Crippen LogP contribution in [-0.4, -0.2) is 0 Å². The molecule has 0 saturated heterocycles. The van der Waals surface area contributed by atoms with Crippen LogP contribution in [0.25, 0.3) is 98.7 Å². The number of fused-ring (bicyclic) bond motifs is 19. The van der Waals surface area contributed by atoms with Gasteiger partial charge in [0.1, 0.15) is 0 Å². The summed E-state index contributed by atoms with van der Waals surface area (Å²) in [5, 5.41) is 10.5. The lowest BCUT2D eigenvalue weighted by molar-refractivity contribution is 0.803. The predicted octanol–water partition coefficient (Wildman–Crippen LogP) is 14.0. The zero-order valence-electron chi connectivity index (χ0n) is 28.8. The molecule has 0 bridgehead atoms. The van der Waals surface area contributed by atoms with Crippen molar-refractivity contribution in [1.29, 1.82) is 0 Å². The van der Waals surface area contributed by atoms with Crippen molar-refractivity contribution in [3.63, 3.8) is 0 Å². The van der Waals surface area contributed by atoms with E-state index < -0.39 is 5.41 Å². The van der Waals surface area contributed by atoms with Gasteiger partial charge >= 0.3 is 0 Å². The highest BCUT2D eigenvalue weighted by Crippen LogP contribution is 2.66. The second-order valence-electron chi connectivity index (χ2n) is 15.1. The summed E-state index contributed by atoms with van der Waals surface area (Å²) in [4.78, 5) is 0. The van der Waals surface area contributed by atoms with Gasteiger partial charge in [-0.2, -0.15) is 0 Å². The maximum absolute atomic E-state index is 2.55. The van der Waals surface area contributed by atoms with Crippen molar-refractivity contribution in [2.75, 3.05) is 0 Å². The molecule has 13 rings (SSSR count). The molecule has 10 aromatic rings. The first-order valence-electron chi connectivity index (χ1n) is 18.7. The molecule has 242 valence electrons. The summed E-state index contributed by atoms with van der Waals surface area (Å²) in [6, 6.07) is 69.0. The smallest absolute Gasteiger partial charge is 0.0619 e. The predicted molar refractivity (Wildman–Crippen MR) is 223 cm³/mol. The van der Waals surface area contributed by atoms with Crippen molar-refractivity contribution < 1.29 is 0 Å². The average Bonchev–Trinajstić information content (AvgIpc) is 3.83. The van der Waals surface area contributed by atoms with E-state index in [1.165, 1.54) is 121 Å². The molecule has 0 atom stereocenters. The summed E-state index contributed by atoms with van der Waals surface area (Å²) < 4.78 is 0. The minimum absolute atomic E-state index is 0.445. The van der Waals surface area contributed by atoms with Crippen molar-refractivity contribution in [3.05, 3.63) is 204 Å². The lowest BCUT2D eigenvalue weighted by Gasteiger charge is -2.32. The summed E-state index contributed by atoms with van der Waals surface area (Å²) in [5.41, 5.74) is 18.4. The molecule has 3 aliphatic rings. The van der Waals surface area contributed by atoms with Crippen LogP contribution in [0.2, 0.25) is 0 Å². The summed E-state index contributed by atoms with van der Waals surface area (Å²) in [6.45, 7) is 0. The Morgan fingerprint density at radius 2 is 0.830 bits per heavy atom. The van der Waals surface area contributed by atoms with Crippen LogP contribution in [0, 0.1) is 0 Å². The second kappa shape index (κ2) is 9.76. The van der Waals surface area contributed by atoms with Crippen LogP contribution in [0.15, 0.2) is 182 Å². The molecule has 10 aromatic carbocycles. The van der Waals surface area contributed by atoms with Gasteiger partial charge in [0.2, 0.25) is 0 Å². The van der Waals surface area contributed by atoms with Crippen LogP contribution < -0.4 is 0 Å². The van der Waals surface area contributed by atoms with Crippen molar-refractivity contribution in [2.24, 2.45) is 0 Å². The summed E-state index contributed by atoms with van der Waals surface area (Å²) in [5.74, 6) is 0. The van der Waals surface area contributed by atoms with Gasteiger partial charge in [0.15, 0.2) is 0 Å². The largest absolute Gasteiger partial charge is 0.0731 e. The van der Waals surface area contributed by atoms with Crippen molar-refractivity contribution in [1.82, 2.24) is 0 Å². The average molecular weight is 667 g/mol. The third kappa shape index (κ3) is 3.29. The molecule has 0 unspecified atom stereocenters. The SMILES string of the molecule is c1ccc2c(c1)-c1cccc3c(-c4ccc5cc6c(cc5c4)C4(c5ccccc5-c5ccccc54)c4c-6c5ccccc5c5ccccc45)ccc-2c13. The first-order chi connectivity index (χ1) is 26.3. The van der Waals surface area contributed by atoms with E-state index in [2.05, 4.69) is 182 Å². The van der Waals surface area contributed by atoms with Gasteiger partial charge < -0.3 is 0 Å². The zero-order chi connectivity index (χ0) is 34.4. The normalized spacial score (nSPS) is 13.8. The molecule has 0 heteroatoms. The number of benzene rings is 10. The topological polar surface area (TPSA) is 0 Å². The Bertz CT molecular complexity index is 3210. The maximum atomic E-state index is 2.55. The molecule has 0 aliphatic heterocycles. The molecule has 0 saturated carbocycles. The third-order valence-electron chi connectivity index (χ3n) is 12.8. The fourth-order valence-electron chi connectivity index (χ4n) is 10.8. The van der Waals surface area contributed by atoms with Gasteiger partial charge in [-0.1, -0.05) is 164 Å². The Labute approximate surface area is 307 Å². The highest BCUT2D eigenvalue weighted by Gasteiger charge is 2.53. The molecular formula is C53H30. The number of rotatable bonds is 1. The number of hydrogen-bond acceptors (Lipinski definition) is 0. The molecular weight excluding hydrogens is 637 g/mol. The Morgan fingerprint density at radius 1 is 0.283 bits per heavy atom. The summed E-state index contributed by atoms with van der Waals surface area (Å²) >= 11 is 0. The lowest BCUT2D eigenvalue weighted by Crippen LogP contribution is -2.26. The molecule has 0 nitrogen and oxygen atoms in total. The van der Waals surface area contributed by atoms with Gasteiger partial charge in [0.25, 0.3) is 0 Å². The van der Waals surface area contributed by atoms with E-state index in [0.717, 1.165) is 0 Å². The van der Waals surface area contributed by atoms with E-state index in [1.54, 1.807) is 0 Å². The highest BCUT2D eigenvalue weighted by atomic mass is 14.5. The lowest BCUT2D eigenvalue weighted by atomic mass is 9.69. The molecule has 0 amide bonds. The van der Waals surface area contributed by atoms with Gasteiger partial charge in [-0.15, -0.1) is 0 Å². The first-order valence-corrected chi connectivity index (χ1v) is 18.7. The standard InChI is InChI=1S/C53H30/c1-2-13-36-35(12-1)42-21-11-20-41-34(26-27-44(36)50(41)42)32-25-24-31-29-46-49(30-33(31)28-32)53(47-22-9-7-16-39(47)40-17-8-10-23-48(40)53)52-45-19-6-4-15-38(45)37-14-3-5-18-43(37)51(46)52/h1-30H. The molecule has 0 heterocycles. The van der Waals surface area contributed by atoms with Crippen LogP contribution in [0.4, 0.5) is 0 Å². The molecule has 1 spiro atoms. The van der Waals surface area contributed by atoms with E-state index >= 15 is 0 Å². The van der Waals surface area contributed by atoms with Gasteiger partial charge in [0.05, 0.1) is 5.41 Å². The second-order valence-corrected chi connectivity index (χ2v) is 15.1. The molecule has 0 radical (unpaired) electrons. The third-order valence-corrected chi connectivity index (χ3v) is 12.8. The Kier molecular flexibility index (Phi) is 5.14. The van der Waals surface area contributed by atoms with E-state index in [4.69, 9.17) is 0 Å². The molecule has 0 fully saturated rings. The van der Waals surface area contributed by atoms with Crippen LogP contribution in [-0.2, 0) is 5.41 Å². The van der Waals surface area contributed by atoms with Crippen molar-refractivity contribution >= 4 is 43.1 Å². The fourth-order valence-corrected chi connectivity index (χ4v) is 10.8. The monoisotopic (exact) mass is 666 g/mol. The first kappa shape index (κ1) is 27.9. The van der Waals surface area contributed by atoms with Gasteiger partial charge in [-0.3, -0.25) is 0 Å². The quantitative estimate of drug-likeness (QED) is 0.153. The molecule has 3 aliphatic carbocycles. The van der Waals surface area contributed by atoms with E-state index in [-0.39, 0.29) is 0 Å². The van der Waals surface area contributed by atoms with Gasteiger partial charge in [-0.25, -0.2) is 0 Å². The Morgan fingerprint density at radius 3 is 1.57 bits per heavy atom. The van der Waals surface area contributed by atoms with Crippen molar-refractivity contribution in [3.8, 4) is 55.6 Å². The summed E-state index contributed by atoms with van der Waals surface area (Å²) in [6.07, 6.45) is 0. The summed E-state index contributed by atoms with van der Waals surface area (Å²) in [7, 11) is 0. The van der Waals surface area contributed by atoms with Crippen LogP contribution in [0.3, 0.4) is 0 Å². The zero-order valence-corrected chi connectivity index (χ0v) is 28.8. The fraction of sp³-hybridized carbons (Fsp3) is 0.0189. The molecule has 0 N–H and O–H groups in total. The van der Waals surface area contributed by atoms with Gasteiger partial charge in [0, 0.05) is 0 Å². The Balaban J connectivity index is 1.14. The van der Waals surface area contributed by atoms with E-state index in [0.29, 0.717) is 0 Å². The molecule has 53 heavy (non-hydrogen) atoms. The van der Waals surface area contributed by atoms with Crippen LogP contribution in [0.5, 0.6) is 0 Å². The van der Waals surface area contributed by atoms with E-state index in [1.807, 2.05) is 0 Å². The van der Waals surface area contributed by atoms with Gasteiger partial charge in [-0.05, 0) is 139 Å². The molecule has 0 aromatic heterocycles. The highest BCUT2D eigenvalue weighted by molar-refractivity contribution is 6.21. The number of hydrogen-bond donors (Lipinski definition) is 0. The van der Waals surface area contributed by atoms with E-state index in [9.17, 15) is 0 Å².